The van der Waals surface area contributed by atoms with Crippen LogP contribution in [-0.2, 0) is 9.53 Å². The molecule has 3 N–H and O–H groups in total. The number of nitrogens with zero attached hydrogens (tertiary/aromatic N) is 2. The fourth-order valence-corrected chi connectivity index (χ4v) is 3.99. The largest absolute Gasteiger partial charge is 0.494 e. The molecule has 0 bridgehead atoms. The van der Waals surface area contributed by atoms with Crippen LogP contribution >= 0.6 is 0 Å². The number of carbonyl (C=O) groups excluding carboxylic acids is 1. The maximum absolute atomic E-state index is 15.7. The van der Waals surface area contributed by atoms with Gasteiger partial charge in [0.1, 0.15) is 17.5 Å². The summed E-state index contributed by atoms with van der Waals surface area (Å²) in [4.78, 5) is 26.1. The minimum atomic E-state index is -1.40. The third-order valence-corrected chi connectivity index (χ3v) is 5.86. The van der Waals surface area contributed by atoms with Crippen molar-refractivity contribution in [2.45, 2.75) is 58.3 Å². The Labute approximate surface area is 228 Å². The van der Waals surface area contributed by atoms with Crippen LogP contribution in [-0.4, -0.2) is 66.7 Å². The molecular weight excluding hydrogens is 507 g/mol. The van der Waals surface area contributed by atoms with Gasteiger partial charge in [0, 0.05) is 30.4 Å². The summed E-state index contributed by atoms with van der Waals surface area (Å²) in [6.45, 7) is 9.03. The Bertz CT molecular complexity index is 1160. The average Bonchev–Trinajstić information content (AvgIpc) is 2.86. The van der Waals surface area contributed by atoms with Crippen molar-refractivity contribution in [1.82, 2.24) is 10.3 Å². The molecule has 39 heavy (non-hydrogen) atoms. The number of amides is 1. The molecule has 3 rings (SSSR count). The number of likely N-dealkylation sites (tertiary alicyclic amines) is 1. The third-order valence-electron chi connectivity index (χ3n) is 5.86. The lowest BCUT2D eigenvalue weighted by Gasteiger charge is -2.30. The molecule has 1 heterocycles. The second-order valence-electron chi connectivity index (χ2n) is 10.3. The summed E-state index contributed by atoms with van der Waals surface area (Å²) in [6.07, 6.45) is 2.05. The van der Waals surface area contributed by atoms with Crippen molar-refractivity contribution >= 4 is 24.0 Å². The molecule has 0 spiro atoms. The summed E-state index contributed by atoms with van der Waals surface area (Å²) in [6, 6.07) is 8.05. The highest BCUT2D eigenvalue weighted by atomic mass is 19.1. The Balaban J connectivity index is 1.76. The summed E-state index contributed by atoms with van der Waals surface area (Å²) in [5.41, 5.74) is 2.62. The molecule has 1 aliphatic heterocycles. The highest BCUT2D eigenvalue weighted by Gasteiger charge is 2.28. The van der Waals surface area contributed by atoms with E-state index in [2.05, 4.69) is 20.7 Å². The summed E-state index contributed by atoms with van der Waals surface area (Å²) in [7, 11) is 2.02. The van der Waals surface area contributed by atoms with Crippen LogP contribution in [0.3, 0.4) is 0 Å². The zero-order chi connectivity index (χ0) is 28.6. The van der Waals surface area contributed by atoms with E-state index in [1.807, 2.05) is 7.05 Å². The Kier molecular flexibility index (Phi) is 10.1. The number of hydrogen-bond acceptors (Lipinski definition) is 8. The van der Waals surface area contributed by atoms with Gasteiger partial charge in [-0.1, -0.05) is 12.1 Å². The molecule has 1 aliphatic rings. The van der Waals surface area contributed by atoms with Crippen LogP contribution in [0, 0.1) is 5.82 Å². The standard InChI is InChI=1S/C28H37FN4O6/c1-6-37-21-15-22(24(29)23(16-21)38-20-11-13-33(5)14-12-20)25(26(34)35)31-19-9-7-18(8-10-19)17-30-32-27(36)39-28(2,3)4/h7-10,15-17,20,25,31H,6,11-14H2,1-5H3,(H,32,36)(H,34,35)/t25-/m1/s1. The van der Waals surface area contributed by atoms with Crippen molar-refractivity contribution in [2.24, 2.45) is 5.10 Å². The molecule has 11 heteroatoms. The van der Waals surface area contributed by atoms with Gasteiger partial charge in [0.05, 0.1) is 12.8 Å². The molecule has 1 saturated heterocycles. The van der Waals surface area contributed by atoms with E-state index in [0.29, 0.717) is 23.6 Å². The quantitative estimate of drug-likeness (QED) is 0.288. The van der Waals surface area contributed by atoms with Crippen LogP contribution in [0.25, 0.3) is 0 Å². The predicted octanol–water partition coefficient (Wildman–Crippen LogP) is 4.79. The first-order valence-corrected chi connectivity index (χ1v) is 12.9. The van der Waals surface area contributed by atoms with E-state index in [-0.39, 0.29) is 17.4 Å². The average molecular weight is 545 g/mol. The molecule has 1 fully saturated rings. The minimum absolute atomic E-state index is 0.0254. The summed E-state index contributed by atoms with van der Waals surface area (Å²) < 4.78 is 32.3. The van der Waals surface area contributed by atoms with E-state index in [0.717, 1.165) is 25.9 Å². The number of carboxylic acids is 1. The second-order valence-corrected chi connectivity index (χ2v) is 10.3. The number of carbonyl (C=O) groups is 2. The van der Waals surface area contributed by atoms with Crippen LogP contribution in [0.1, 0.15) is 57.7 Å². The number of benzene rings is 2. The summed E-state index contributed by atoms with van der Waals surface area (Å²) in [5, 5.41) is 16.7. The van der Waals surface area contributed by atoms with Gasteiger partial charge in [0.15, 0.2) is 17.6 Å². The molecule has 0 saturated carbocycles. The van der Waals surface area contributed by atoms with E-state index in [4.69, 9.17) is 14.2 Å². The number of rotatable bonds is 10. The molecule has 0 aromatic heterocycles. The molecule has 0 radical (unpaired) electrons. The van der Waals surface area contributed by atoms with E-state index in [9.17, 15) is 14.7 Å². The van der Waals surface area contributed by atoms with Crippen LogP contribution < -0.4 is 20.2 Å². The van der Waals surface area contributed by atoms with Gasteiger partial charge in [-0.3, -0.25) is 0 Å². The topological polar surface area (TPSA) is 122 Å². The number of anilines is 1. The normalized spacial score (nSPS) is 15.5. The van der Waals surface area contributed by atoms with Crippen molar-refractivity contribution in [3.63, 3.8) is 0 Å². The molecule has 10 nitrogen and oxygen atoms in total. The zero-order valence-corrected chi connectivity index (χ0v) is 23.0. The van der Waals surface area contributed by atoms with Gasteiger partial charge >= 0.3 is 12.1 Å². The van der Waals surface area contributed by atoms with E-state index >= 15 is 4.39 Å². The van der Waals surface area contributed by atoms with Crippen molar-refractivity contribution in [1.29, 1.82) is 0 Å². The van der Waals surface area contributed by atoms with Gasteiger partial charge < -0.3 is 29.5 Å². The zero-order valence-electron chi connectivity index (χ0n) is 23.0. The summed E-state index contributed by atoms with van der Waals surface area (Å²) >= 11 is 0. The van der Waals surface area contributed by atoms with E-state index in [1.165, 1.54) is 18.3 Å². The number of aliphatic carboxylic acids is 1. The van der Waals surface area contributed by atoms with Crippen molar-refractivity contribution in [3.8, 4) is 11.5 Å². The molecule has 2 aromatic rings. The van der Waals surface area contributed by atoms with Gasteiger partial charge in [-0.15, -0.1) is 0 Å². The van der Waals surface area contributed by atoms with Crippen molar-refractivity contribution < 1.29 is 33.3 Å². The number of ether oxygens (including phenoxy) is 3. The lowest BCUT2D eigenvalue weighted by Crippen LogP contribution is -2.35. The van der Waals surface area contributed by atoms with Crippen LogP contribution in [0.15, 0.2) is 41.5 Å². The highest BCUT2D eigenvalue weighted by molar-refractivity contribution is 5.83. The van der Waals surface area contributed by atoms with Gasteiger partial charge in [-0.2, -0.15) is 5.10 Å². The third kappa shape index (κ3) is 9.13. The van der Waals surface area contributed by atoms with E-state index < -0.39 is 29.5 Å². The number of nitrogens with one attached hydrogen (secondary N) is 2. The first-order valence-electron chi connectivity index (χ1n) is 12.9. The molecule has 2 aromatic carbocycles. The van der Waals surface area contributed by atoms with Crippen molar-refractivity contribution in [2.75, 3.05) is 32.1 Å². The van der Waals surface area contributed by atoms with E-state index in [1.54, 1.807) is 52.0 Å². The molecule has 1 atom stereocenters. The fourth-order valence-electron chi connectivity index (χ4n) is 3.99. The summed E-state index contributed by atoms with van der Waals surface area (Å²) in [5.74, 6) is -1.70. The Morgan fingerprint density at radius 2 is 1.87 bits per heavy atom. The number of hydrazone groups is 1. The number of hydrogen-bond donors (Lipinski definition) is 3. The van der Waals surface area contributed by atoms with Gasteiger partial charge in [0.25, 0.3) is 0 Å². The van der Waals surface area contributed by atoms with Crippen LogP contribution in [0.4, 0.5) is 14.9 Å². The first kappa shape index (κ1) is 29.7. The lowest BCUT2D eigenvalue weighted by molar-refractivity contribution is -0.138. The molecule has 1 amide bonds. The SMILES string of the molecule is CCOc1cc(OC2CCN(C)CC2)c(F)c([C@@H](Nc2ccc(C=NNC(=O)OC(C)(C)C)cc2)C(=O)O)c1. The smallest absolute Gasteiger partial charge is 0.428 e. The fraction of sp³-hybridized carbons (Fsp3) is 0.464. The van der Waals surface area contributed by atoms with Gasteiger partial charge in [0.2, 0.25) is 0 Å². The molecule has 0 aliphatic carbocycles. The van der Waals surface area contributed by atoms with Crippen LogP contribution in [0.5, 0.6) is 11.5 Å². The minimum Gasteiger partial charge on any atom is -0.494 e. The Hall–Kier alpha value is -3.86. The first-order chi connectivity index (χ1) is 18.4. The monoisotopic (exact) mass is 544 g/mol. The molecular formula is C28H37FN4O6. The number of piperidine rings is 1. The Morgan fingerprint density at radius 3 is 2.46 bits per heavy atom. The van der Waals surface area contributed by atoms with Gasteiger partial charge in [-0.05, 0) is 71.3 Å². The van der Waals surface area contributed by atoms with Gasteiger partial charge in [-0.25, -0.2) is 19.4 Å². The molecule has 0 unspecified atom stereocenters. The predicted molar refractivity (Wildman–Crippen MR) is 146 cm³/mol. The maximum Gasteiger partial charge on any atom is 0.428 e. The maximum atomic E-state index is 15.7. The van der Waals surface area contributed by atoms with Crippen molar-refractivity contribution in [3.05, 3.63) is 53.3 Å². The Morgan fingerprint density at radius 1 is 1.21 bits per heavy atom. The lowest BCUT2D eigenvalue weighted by atomic mass is 10.0. The number of halogens is 1. The second kappa shape index (κ2) is 13.3. The number of carboxylic acid groups (broad SMARTS) is 1. The molecule has 212 valence electrons. The highest BCUT2D eigenvalue weighted by Crippen LogP contribution is 2.34. The van der Waals surface area contributed by atoms with Crippen LogP contribution in [0.2, 0.25) is 0 Å².